The second-order valence-electron chi connectivity index (χ2n) is 11.0. The largest absolute Gasteiger partial charge is 0.493 e. The summed E-state index contributed by atoms with van der Waals surface area (Å²) in [5, 5.41) is 8.67. The van der Waals surface area contributed by atoms with Gasteiger partial charge in [-0.15, -0.1) is 0 Å². The van der Waals surface area contributed by atoms with E-state index in [9.17, 15) is 4.79 Å². The third-order valence-corrected chi connectivity index (χ3v) is 7.85. The number of rotatable bonds is 20. The van der Waals surface area contributed by atoms with E-state index in [1.165, 1.54) is 83.5 Å². The van der Waals surface area contributed by atoms with Crippen molar-refractivity contribution in [2.45, 2.75) is 104 Å². The summed E-state index contributed by atoms with van der Waals surface area (Å²) < 4.78 is 12.4. The van der Waals surface area contributed by atoms with Crippen LogP contribution in [0.1, 0.15) is 113 Å². The smallest absolute Gasteiger partial charge is 0.343 e. The molecule has 6 heteroatoms. The quantitative estimate of drug-likeness (QED) is 0.0537. The molecule has 0 heterocycles. The van der Waals surface area contributed by atoms with Gasteiger partial charge in [-0.25, -0.2) is 4.79 Å². The number of nitrogens with zero attached hydrogens (tertiary/aromatic N) is 2. The first-order valence-electron chi connectivity index (χ1n) is 15.8. The molecular weight excluding hydrogens is 588 g/mol. The maximum absolute atomic E-state index is 12.4. The van der Waals surface area contributed by atoms with Crippen molar-refractivity contribution >= 4 is 33.3 Å². The Balaban J connectivity index is 1.28. The molecule has 0 atom stereocenters. The van der Waals surface area contributed by atoms with Gasteiger partial charge in [0, 0.05) is 4.47 Å². The van der Waals surface area contributed by atoms with Gasteiger partial charge in [0.25, 0.3) is 0 Å². The van der Waals surface area contributed by atoms with Crippen LogP contribution in [0.3, 0.4) is 0 Å². The molecule has 3 aromatic rings. The lowest BCUT2D eigenvalue weighted by Crippen LogP contribution is -2.07. The molecule has 3 rings (SSSR count). The summed E-state index contributed by atoms with van der Waals surface area (Å²) in [6.07, 6.45) is 19.0. The van der Waals surface area contributed by atoms with Crippen molar-refractivity contribution in [3.8, 4) is 11.5 Å². The number of hydrogen-bond acceptors (Lipinski definition) is 5. The average Bonchev–Trinajstić information content (AvgIpc) is 3.00. The zero-order valence-corrected chi connectivity index (χ0v) is 27.0. The van der Waals surface area contributed by atoms with Crippen molar-refractivity contribution in [3.05, 3.63) is 82.3 Å². The number of esters is 1. The predicted octanol–water partition coefficient (Wildman–Crippen LogP) is 12.3. The molecule has 0 aliphatic carbocycles. The minimum absolute atomic E-state index is 0.416. The first-order chi connectivity index (χ1) is 20.5. The fraction of sp³-hybridized carbons (Fsp3) is 0.472. The van der Waals surface area contributed by atoms with Crippen LogP contribution in [0.15, 0.2) is 81.4 Å². The molecule has 0 saturated heterocycles. The highest BCUT2D eigenvalue weighted by Gasteiger charge is 2.09. The Hall–Kier alpha value is -2.99. The molecule has 0 aliphatic heterocycles. The Morgan fingerprint density at radius 3 is 1.76 bits per heavy atom. The molecule has 42 heavy (non-hydrogen) atoms. The summed E-state index contributed by atoms with van der Waals surface area (Å²) in [6.45, 7) is 5.06. The molecule has 0 amide bonds. The number of hydrogen-bond donors (Lipinski definition) is 0. The van der Waals surface area contributed by atoms with Crippen LogP contribution >= 0.6 is 15.9 Å². The number of unbranched alkanes of at least 4 members (excludes halogenated alkanes) is 13. The second-order valence-corrected chi connectivity index (χ2v) is 11.9. The molecule has 0 unspecified atom stereocenters. The number of carbonyl (C=O) groups excluding carboxylic acids is 1. The lowest BCUT2D eigenvalue weighted by molar-refractivity contribution is 0.0734. The first kappa shape index (κ1) is 33.5. The summed E-state index contributed by atoms with van der Waals surface area (Å²) in [5.74, 6) is 0.979. The van der Waals surface area contributed by atoms with E-state index in [4.69, 9.17) is 9.47 Å². The first-order valence-corrected chi connectivity index (χ1v) is 16.6. The molecule has 3 aromatic carbocycles. The second kappa shape index (κ2) is 20.0. The summed E-state index contributed by atoms with van der Waals surface area (Å²) in [4.78, 5) is 12.4. The van der Waals surface area contributed by atoms with Crippen molar-refractivity contribution in [2.24, 2.45) is 10.2 Å². The van der Waals surface area contributed by atoms with Gasteiger partial charge in [0.15, 0.2) is 0 Å². The van der Waals surface area contributed by atoms with Crippen molar-refractivity contribution in [1.82, 2.24) is 0 Å². The monoisotopic (exact) mass is 634 g/mol. The van der Waals surface area contributed by atoms with E-state index >= 15 is 0 Å². The molecule has 0 aliphatic rings. The lowest BCUT2D eigenvalue weighted by atomic mass is 10.0. The zero-order chi connectivity index (χ0) is 29.8. The van der Waals surface area contributed by atoms with E-state index < -0.39 is 5.97 Å². The van der Waals surface area contributed by atoms with Gasteiger partial charge >= 0.3 is 5.97 Å². The van der Waals surface area contributed by atoms with Crippen molar-refractivity contribution < 1.29 is 14.3 Å². The van der Waals surface area contributed by atoms with E-state index in [0.29, 0.717) is 17.0 Å². The van der Waals surface area contributed by atoms with Crippen molar-refractivity contribution in [3.63, 3.8) is 0 Å². The normalized spacial score (nSPS) is 11.2. The molecular formula is C36H47BrN2O3. The number of aryl methyl sites for hydroxylation is 1. The topological polar surface area (TPSA) is 60.2 Å². The number of azo groups is 1. The van der Waals surface area contributed by atoms with Gasteiger partial charge in [-0.1, -0.05) is 106 Å². The highest BCUT2D eigenvalue weighted by Crippen LogP contribution is 2.26. The van der Waals surface area contributed by atoms with Gasteiger partial charge in [-0.05, 0) is 85.6 Å². The molecule has 5 nitrogen and oxygen atoms in total. The predicted molar refractivity (Wildman–Crippen MR) is 177 cm³/mol. The van der Waals surface area contributed by atoms with Gasteiger partial charge in [-0.3, -0.25) is 0 Å². The fourth-order valence-corrected chi connectivity index (χ4v) is 5.05. The minimum Gasteiger partial charge on any atom is -0.493 e. The van der Waals surface area contributed by atoms with Gasteiger partial charge in [0.2, 0.25) is 0 Å². The van der Waals surface area contributed by atoms with Crippen LogP contribution in [0.5, 0.6) is 11.5 Å². The Kier molecular flexibility index (Phi) is 16.0. The van der Waals surface area contributed by atoms with Crippen LogP contribution in [0.4, 0.5) is 11.4 Å². The van der Waals surface area contributed by atoms with E-state index in [1.54, 1.807) is 36.4 Å². The van der Waals surface area contributed by atoms with Crippen LogP contribution in [-0.2, 0) is 0 Å². The summed E-state index contributed by atoms with van der Waals surface area (Å²) in [6, 6.07) is 19.9. The molecule has 0 radical (unpaired) electrons. The van der Waals surface area contributed by atoms with Gasteiger partial charge in [0.1, 0.15) is 11.5 Å². The van der Waals surface area contributed by atoms with Crippen molar-refractivity contribution in [1.29, 1.82) is 0 Å². The summed E-state index contributed by atoms with van der Waals surface area (Å²) in [5.41, 5.74) is 2.91. The standard InChI is InChI=1S/C36H47BrN2O3/c1-3-4-5-6-7-8-9-10-11-12-13-14-15-16-27-41-35-26-23-33(28-29(35)2)39-38-32-21-17-30(18-22-32)36(40)42-34-24-19-31(37)20-25-34/h17-26,28H,3-16,27H2,1-2H3. The lowest BCUT2D eigenvalue weighted by Gasteiger charge is -2.09. The van der Waals surface area contributed by atoms with E-state index in [-0.39, 0.29) is 0 Å². The Bertz CT molecular complexity index is 1210. The minimum atomic E-state index is -0.416. The molecule has 0 saturated carbocycles. The Morgan fingerprint density at radius 2 is 1.19 bits per heavy atom. The SMILES string of the molecule is CCCCCCCCCCCCCCCCOc1ccc(N=Nc2ccc(C(=O)Oc3ccc(Br)cc3)cc2)cc1C. The maximum Gasteiger partial charge on any atom is 0.343 e. The molecule has 0 aromatic heterocycles. The molecule has 0 N–H and O–H groups in total. The van der Waals surface area contributed by atoms with Crippen LogP contribution < -0.4 is 9.47 Å². The van der Waals surface area contributed by atoms with Crippen LogP contribution in [0.2, 0.25) is 0 Å². The van der Waals surface area contributed by atoms with Gasteiger partial charge in [0.05, 0.1) is 23.5 Å². The highest BCUT2D eigenvalue weighted by molar-refractivity contribution is 9.10. The van der Waals surface area contributed by atoms with Crippen LogP contribution in [-0.4, -0.2) is 12.6 Å². The molecule has 0 fully saturated rings. The number of benzene rings is 3. The third kappa shape index (κ3) is 13.3. The summed E-state index contributed by atoms with van der Waals surface area (Å²) in [7, 11) is 0. The molecule has 0 bridgehead atoms. The highest BCUT2D eigenvalue weighted by atomic mass is 79.9. The van der Waals surface area contributed by atoms with Gasteiger partial charge in [-0.2, -0.15) is 10.2 Å². The number of carbonyl (C=O) groups is 1. The fourth-order valence-electron chi connectivity index (χ4n) is 4.78. The van der Waals surface area contributed by atoms with Crippen LogP contribution in [0.25, 0.3) is 0 Å². The Labute approximate surface area is 261 Å². The van der Waals surface area contributed by atoms with Crippen LogP contribution in [0, 0.1) is 6.92 Å². The van der Waals surface area contributed by atoms with Gasteiger partial charge < -0.3 is 9.47 Å². The Morgan fingerprint density at radius 1 is 0.667 bits per heavy atom. The summed E-state index contributed by atoms with van der Waals surface area (Å²) >= 11 is 3.37. The number of halogens is 1. The number of ether oxygens (including phenoxy) is 2. The zero-order valence-electron chi connectivity index (χ0n) is 25.5. The van der Waals surface area contributed by atoms with Crippen molar-refractivity contribution in [2.75, 3.05) is 6.61 Å². The third-order valence-electron chi connectivity index (χ3n) is 7.32. The molecule has 0 spiro atoms. The van der Waals surface area contributed by atoms with E-state index in [0.717, 1.165) is 34.5 Å². The van der Waals surface area contributed by atoms with E-state index in [1.807, 2.05) is 37.3 Å². The van der Waals surface area contributed by atoms with E-state index in [2.05, 4.69) is 33.1 Å². The maximum atomic E-state index is 12.4. The average molecular weight is 636 g/mol. The molecule has 226 valence electrons.